The first-order chi connectivity index (χ1) is 11.7. The molecule has 146 valence electrons. The monoisotopic (exact) mass is 404 g/mol. The molecule has 1 aromatic carbocycles. The first kappa shape index (κ1) is 21.8. The van der Waals surface area contributed by atoms with Crippen LogP contribution in [0, 0.1) is 0 Å². The van der Waals surface area contributed by atoms with Gasteiger partial charge in [0.15, 0.2) is 9.84 Å². The number of carbonyl (C=O) groups excluding carboxylic acids is 2. The topological polar surface area (TPSA) is 86.7 Å². The number of hydrogen-bond donors (Lipinski definition) is 0. The molecular formula is C14H13F5O6S. The molecule has 6 nitrogen and oxygen atoms in total. The summed E-state index contributed by atoms with van der Waals surface area (Å²) in [6.07, 6.45) is -4.87. The summed E-state index contributed by atoms with van der Waals surface area (Å²) in [6.45, 7) is 0.700. The van der Waals surface area contributed by atoms with E-state index in [1.165, 1.54) is 6.92 Å². The fourth-order valence-electron chi connectivity index (χ4n) is 1.98. The number of halogens is 5. The van der Waals surface area contributed by atoms with Gasteiger partial charge < -0.3 is 9.47 Å². The van der Waals surface area contributed by atoms with Gasteiger partial charge in [0, 0.05) is 6.26 Å². The summed E-state index contributed by atoms with van der Waals surface area (Å²) in [5.74, 6) is -8.44. The van der Waals surface area contributed by atoms with Crippen molar-refractivity contribution in [3.8, 4) is 0 Å². The van der Waals surface area contributed by atoms with E-state index in [0.29, 0.717) is 13.4 Å². The Morgan fingerprint density at radius 3 is 2.00 bits per heavy atom. The molecule has 0 radical (unpaired) electrons. The van der Waals surface area contributed by atoms with E-state index in [0.717, 1.165) is 0 Å². The highest BCUT2D eigenvalue weighted by molar-refractivity contribution is 7.90. The molecule has 0 atom stereocenters. The zero-order valence-electron chi connectivity index (χ0n) is 13.6. The number of alkyl halides is 5. The van der Waals surface area contributed by atoms with Crippen molar-refractivity contribution in [2.75, 3.05) is 20.0 Å². The Bertz CT molecular complexity index is 829. The number of esters is 2. The molecule has 0 fully saturated rings. The lowest BCUT2D eigenvalue weighted by Crippen LogP contribution is -2.31. The van der Waals surface area contributed by atoms with E-state index in [1.54, 1.807) is 0 Å². The highest BCUT2D eigenvalue weighted by atomic mass is 32.2. The Balaban J connectivity index is 3.96. The first-order valence-electron chi connectivity index (χ1n) is 6.77. The fourth-order valence-corrected chi connectivity index (χ4v) is 2.90. The van der Waals surface area contributed by atoms with Crippen molar-refractivity contribution in [3.05, 3.63) is 28.8 Å². The van der Waals surface area contributed by atoms with E-state index < -0.39 is 62.1 Å². The van der Waals surface area contributed by atoms with Crippen molar-refractivity contribution in [3.63, 3.8) is 0 Å². The Labute approximate surface area is 144 Å². The molecule has 26 heavy (non-hydrogen) atoms. The van der Waals surface area contributed by atoms with Crippen LogP contribution in [0.15, 0.2) is 17.0 Å². The average molecular weight is 404 g/mol. The van der Waals surface area contributed by atoms with E-state index in [9.17, 15) is 40.0 Å². The Morgan fingerprint density at radius 2 is 1.62 bits per heavy atom. The van der Waals surface area contributed by atoms with Crippen molar-refractivity contribution in [2.24, 2.45) is 0 Å². The summed E-state index contributed by atoms with van der Waals surface area (Å²) in [6, 6.07) is -0.161. The van der Waals surface area contributed by atoms with Crippen LogP contribution in [0.5, 0.6) is 0 Å². The van der Waals surface area contributed by atoms with Crippen LogP contribution < -0.4 is 0 Å². The summed E-state index contributed by atoms with van der Waals surface area (Å²) in [5, 5.41) is 0. The smallest absolute Gasteiger partial charge is 0.417 e. The van der Waals surface area contributed by atoms with Crippen LogP contribution in [0.1, 0.15) is 28.4 Å². The summed E-state index contributed by atoms with van der Waals surface area (Å²) < 4.78 is 99.8. The van der Waals surface area contributed by atoms with Gasteiger partial charge in [-0.2, -0.15) is 22.0 Å². The first-order valence-corrected chi connectivity index (χ1v) is 8.66. The predicted molar refractivity (Wildman–Crippen MR) is 76.4 cm³/mol. The fraction of sp³-hybridized carbons (Fsp3) is 0.429. The largest absolute Gasteiger partial charge is 0.465 e. The standard InChI is InChI=1S/C14H13F5O6S/c1-4-25-12(21)13(15,16)9-5-7(11(20)24-2)8(14(17,18)19)6-10(9)26(3,22)23/h5-6H,4H2,1-3H3. The van der Waals surface area contributed by atoms with Gasteiger partial charge in [0.05, 0.1) is 35.3 Å². The van der Waals surface area contributed by atoms with E-state index >= 15 is 0 Å². The maximum absolute atomic E-state index is 14.3. The normalized spacial score (nSPS) is 12.6. The molecule has 0 aliphatic carbocycles. The molecule has 0 N–H and O–H groups in total. The zero-order chi connectivity index (χ0) is 20.5. The van der Waals surface area contributed by atoms with E-state index in [-0.39, 0.29) is 12.1 Å². The number of sulfone groups is 1. The van der Waals surface area contributed by atoms with Crippen molar-refractivity contribution < 1.29 is 49.4 Å². The predicted octanol–water partition coefficient (Wildman–Crippen LogP) is 2.55. The number of benzene rings is 1. The number of methoxy groups -OCH3 is 1. The van der Waals surface area contributed by atoms with Gasteiger partial charge in [-0.25, -0.2) is 18.0 Å². The van der Waals surface area contributed by atoms with Crippen LogP contribution in [-0.2, 0) is 36.2 Å². The molecule has 0 aliphatic rings. The molecule has 0 unspecified atom stereocenters. The molecule has 0 saturated carbocycles. The Kier molecular flexibility index (Phi) is 6.02. The minimum absolute atomic E-state index is 0.0258. The lowest BCUT2D eigenvalue weighted by atomic mass is 9.99. The molecular weight excluding hydrogens is 391 g/mol. The van der Waals surface area contributed by atoms with Crippen LogP contribution in [0.4, 0.5) is 22.0 Å². The van der Waals surface area contributed by atoms with Crippen molar-refractivity contribution >= 4 is 21.8 Å². The molecule has 0 bridgehead atoms. The minimum Gasteiger partial charge on any atom is -0.465 e. The maximum Gasteiger partial charge on any atom is 0.417 e. The second-order valence-corrected chi connectivity index (χ2v) is 6.93. The second-order valence-electron chi connectivity index (χ2n) is 4.95. The molecule has 0 aliphatic heterocycles. The lowest BCUT2D eigenvalue weighted by molar-refractivity contribution is -0.173. The number of carbonyl (C=O) groups is 2. The van der Waals surface area contributed by atoms with Crippen molar-refractivity contribution in [2.45, 2.75) is 23.9 Å². The average Bonchev–Trinajstić information content (AvgIpc) is 2.51. The maximum atomic E-state index is 14.3. The Hall–Kier alpha value is -2.24. The second kappa shape index (κ2) is 7.17. The van der Waals surface area contributed by atoms with Gasteiger partial charge in [-0.3, -0.25) is 0 Å². The highest BCUT2D eigenvalue weighted by Gasteiger charge is 2.48. The van der Waals surface area contributed by atoms with E-state index in [2.05, 4.69) is 9.47 Å². The number of hydrogen-bond acceptors (Lipinski definition) is 6. The third-order valence-corrected chi connectivity index (χ3v) is 4.24. The summed E-state index contributed by atoms with van der Waals surface area (Å²) in [5.41, 5.74) is -4.79. The third-order valence-electron chi connectivity index (χ3n) is 3.10. The highest BCUT2D eigenvalue weighted by Crippen LogP contribution is 2.40. The van der Waals surface area contributed by atoms with Gasteiger partial charge in [0.25, 0.3) is 0 Å². The number of rotatable bonds is 5. The van der Waals surface area contributed by atoms with Gasteiger partial charge in [0.1, 0.15) is 0 Å². The molecule has 12 heteroatoms. The Morgan fingerprint density at radius 1 is 1.08 bits per heavy atom. The molecule has 1 rings (SSSR count). The molecule has 1 aromatic rings. The molecule has 0 spiro atoms. The van der Waals surface area contributed by atoms with Gasteiger partial charge >= 0.3 is 24.0 Å². The summed E-state index contributed by atoms with van der Waals surface area (Å²) in [7, 11) is -3.93. The SMILES string of the molecule is CCOC(=O)C(F)(F)c1cc(C(=O)OC)c(C(F)(F)F)cc1S(C)(=O)=O. The van der Waals surface area contributed by atoms with Gasteiger partial charge in [-0.1, -0.05) is 0 Å². The molecule has 0 saturated heterocycles. The number of ether oxygens (including phenoxy) is 2. The molecule has 0 aromatic heterocycles. The van der Waals surface area contributed by atoms with E-state index in [1.807, 2.05) is 0 Å². The molecule has 0 amide bonds. The quantitative estimate of drug-likeness (QED) is 0.554. The van der Waals surface area contributed by atoms with Crippen LogP contribution >= 0.6 is 0 Å². The van der Waals surface area contributed by atoms with Gasteiger partial charge in [-0.05, 0) is 19.1 Å². The van der Waals surface area contributed by atoms with Crippen LogP contribution in [0.2, 0.25) is 0 Å². The summed E-state index contributed by atoms with van der Waals surface area (Å²) in [4.78, 5) is 21.6. The lowest BCUT2D eigenvalue weighted by Gasteiger charge is -2.21. The molecule has 0 heterocycles. The minimum atomic E-state index is -5.25. The van der Waals surface area contributed by atoms with Crippen LogP contribution in [0.3, 0.4) is 0 Å². The van der Waals surface area contributed by atoms with Crippen LogP contribution in [-0.4, -0.2) is 40.3 Å². The summed E-state index contributed by atoms with van der Waals surface area (Å²) >= 11 is 0. The van der Waals surface area contributed by atoms with Gasteiger partial charge in [-0.15, -0.1) is 0 Å². The zero-order valence-corrected chi connectivity index (χ0v) is 14.4. The third kappa shape index (κ3) is 4.29. The van der Waals surface area contributed by atoms with Crippen molar-refractivity contribution in [1.82, 2.24) is 0 Å². The van der Waals surface area contributed by atoms with E-state index in [4.69, 9.17) is 0 Å². The van der Waals surface area contributed by atoms with Crippen molar-refractivity contribution in [1.29, 1.82) is 0 Å². The van der Waals surface area contributed by atoms with Crippen LogP contribution in [0.25, 0.3) is 0 Å². The van der Waals surface area contributed by atoms with Gasteiger partial charge in [0.2, 0.25) is 0 Å².